The van der Waals surface area contributed by atoms with E-state index in [2.05, 4.69) is 32.1 Å². The lowest BCUT2D eigenvalue weighted by Crippen LogP contribution is -2.47. The number of hydrogen-bond acceptors (Lipinski definition) is 5. The Morgan fingerprint density at radius 3 is 2.55 bits per heavy atom. The minimum Gasteiger partial charge on any atom is -0.463 e. The number of fused-ring (bicyclic) bond motifs is 3. The Bertz CT molecular complexity index is 1020. The van der Waals surface area contributed by atoms with Gasteiger partial charge in [0.2, 0.25) is 0 Å². The smallest absolute Gasteiger partial charge is 0.171 e. The van der Waals surface area contributed by atoms with Crippen LogP contribution in [0.1, 0.15) is 5.82 Å². The van der Waals surface area contributed by atoms with Crippen LogP contribution in [0.2, 0.25) is 5.02 Å². The summed E-state index contributed by atoms with van der Waals surface area (Å²) in [7, 11) is 0. The normalized spacial score (nSPS) is 16.1. The molecule has 0 amide bonds. The number of para-hydroxylation sites is 1. The average molecular weight is 408 g/mol. The first-order valence-corrected chi connectivity index (χ1v) is 10.2. The van der Waals surface area contributed by atoms with Crippen LogP contribution in [0.3, 0.4) is 0 Å². The summed E-state index contributed by atoms with van der Waals surface area (Å²) in [4.78, 5) is 4.89. The second kappa shape index (κ2) is 7.89. The van der Waals surface area contributed by atoms with E-state index in [0.29, 0.717) is 0 Å². The van der Waals surface area contributed by atoms with Gasteiger partial charge in [-0.3, -0.25) is 9.47 Å². The van der Waals surface area contributed by atoms with E-state index in [-0.39, 0.29) is 0 Å². The molecule has 1 fully saturated rings. The molecule has 2 aliphatic rings. The molecule has 0 atom stereocenters. The van der Waals surface area contributed by atoms with Gasteiger partial charge in [-0.15, -0.1) is 10.2 Å². The van der Waals surface area contributed by atoms with Crippen LogP contribution in [0, 0.1) is 0 Å². The highest BCUT2D eigenvalue weighted by Gasteiger charge is 2.20. The molecule has 3 aromatic rings. The van der Waals surface area contributed by atoms with Crippen molar-refractivity contribution < 1.29 is 4.74 Å². The van der Waals surface area contributed by atoms with E-state index in [1.54, 1.807) is 6.26 Å². The second-order valence-corrected chi connectivity index (χ2v) is 7.70. The summed E-state index contributed by atoms with van der Waals surface area (Å²) >= 11 is 6.00. The van der Waals surface area contributed by atoms with Crippen molar-refractivity contribution in [1.29, 1.82) is 0 Å². The van der Waals surface area contributed by atoms with Gasteiger partial charge in [-0.1, -0.05) is 23.7 Å². The van der Waals surface area contributed by atoms with Gasteiger partial charge >= 0.3 is 0 Å². The predicted molar refractivity (Wildman–Crippen MR) is 115 cm³/mol. The fourth-order valence-corrected chi connectivity index (χ4v) is 4.02. The Kier molecular flexibility index (Phi) is 4.96. The van der Waals surface area contributed by atoms with Crippen LogP contribution in [0.25, 0.3) is 17.6 Å². The van der Waals surface area contributed by atoms with Gasteiger partial charge in [0.05, 0.1) is 5.56 Å². The molecule has 7 heteroatoms. The van der Waals surface area contributed by atoms with Gasteiger partial charge in [0.25, 0.3) is 0 Å². The van der Waals surface area contributed by atoms with E-state index in [0.717, 1.165) is 67.1 Å². The molecular formula is C22H22ClN5O. The summed E-state index contributed by atoms with van der Waals surface area (Å²) in [6.45, 7) is 5.06. The lowest BCUT2D eigenvalue weighted by atomic mass is 10.2. The molecule has 0 radical (unpaired) electrons. The molecule has 0 saturated carbocycles. The maximum atomic E-state index is 6.00. The van der Waals surface area contributed by atoms with Crippen molar-refractivity contribution in [2.45, 2.75) is 6.42 Å². The zero-order valence-corrected chi connectivity index (χ0v) is 16.8. The Morgan fingerprint density at radius 2 is 1.72 bits per heavy atom. The SMILES string of the molecule is Clc1ccc(N2CCN(CCc3nnc4n3C=COc3ccccc3-4)CC2)cc1. The summed E-state index contributed by atoms with van der Waals surface area (Å²) in [5, 5.41) is 9.65. The lowest BCUT2D eigenvalue weighted by Gasteiger charge is -2.36. The van der Waals surface area contributed by atoms with E-state index >= 15 is 0 Å². The third kappa shape index (κ3) is 3.73. The minimum atomic E-state index is 0.780. The molecular weight excluding hydrogens is 386 g/mol. The average Bonchev–Trinajstić information content (AvgIpc) is 3.07. The number of hydrogen-bond donors (Lipinski definition) is 0. The number of rotatable bonds is 4. The van der Waals surface area contributed by atoms with Crippen molar-refractivity contribution in [1.82, 2.24) is 19.7 Å². The van der Waals surface area contributed by atoms with Crippen LogP contribution in [-0.4, -0.2) is 52.4 Å². The fourth-order valence-electron chi connectivity index (χ4n) is 3.89. The van der Waals surface area contributed by atoms with Gasteiger partial charge in [0, 0.05) is 56.1 Å². The predicted octanol–water partition coefficient (Wildman–Crippen LogP) is 3.78. The highest BCUT2D eigenvalue weighted by Crippen LogP contribution is 2.31. The minimum absolute atomic E-state index is 0.780. The quantitative estimate of drug-likeness (QED) is 0.658. The fraction of sp³-hybridized carbons (Fsp3) is 0.273. The summed E-state index contributed by atoms with van der Waals surface area (Å²) in [5.74, 6) is 2.59. The number of halogens is 1. The van der Waals surface area contributed by atoms with Gasteiger partial charge in [-0.25, -0.2) is 0 Å². The van der Waals surface area contributed by atoms with E-state index in [4.69, 9.17) is 16.3 Å². The molecule has 3 heterocycles. The van der Waals surface area contributed by atoms with Crippen LogP contribution >= 0.6 is 11.6 Å². The number of piperazine rings is 1. The molecule has 1 aromatic heterocycles. The van der Waals surface area contributed by atoms with Crippen molar-refractivity contribution in [3.63, 3.8) is 0 Å². The van der Waals surface area contributed by atoms with Crippen molar-refractivity contribution in [2.75, 3.05) is 37.6 Å². The number of aromatic nitrogens is 3. The summed E-state index contributed by atoms with van der Waals surface area (Å²) in [6.07, 6.45) is 4.46. The molecule has 2 aromatic carbocycles. The third-order valence-electron chi connectivity index (χ3n) is 5.52. The second-order valence-electron chi connectivity index (χ2n) is 7.26. The highest BCUT2D eigenvalue weighted by atomic mass is 35.5. The van der Waals surface area contributed by atoms with Gasteiger partial charge in [0.15, 0.2) is 5.82 Å². The van der Waals surface area contributed by atoms with Crippen LogP contribution in [-0.2, 0) is 6.42 Å². The lowest BCUT2D eigenvalue weighted by molar-refractivity contribution is 0.259. The van der Waals surface area contributed by atoms with E-state index in [1.807, 2.05) is 47.2 Å². The summed E-state index contributed by atoms with van der Waals surface area (Å²) < 4.78 is 7.74. The van der Waals surface area contributed by atoms with Gasteiger partial charge < -0.3 is 9.64 Å². The van der Waals surface area contributed by atoms with E-state index in [1.165, 1.54) is 5.69 Å². The molecule has 0 aliphatic carbocycles. The third-order valence-corrected chi connectivity index (χ3v) is 5.77. The largest absolute Gasteiger partial charge is 0.463 e. The maximum Gasteiger partial charge on any atom is 0.171 e. The summed E-state index contributed by atoms with van der Waals surface area (Å²) in [6, 6.07) is 16.0. The Labute approximate surface area is 175 Å². The molecule has 0 bridgehead atoms. The zero-order valence-electron chi connectivity index (χ0n) is 16.0. The molecule has 0 unspecified atom stereocenters. The van der Waals surface area contributed by atoms with Gasteiger partial charge in [-0.05, 0) is 36.4 Å². The molecule has 0 N–H and O–H groups in total. The van der Waals surface area contributed by atoms with Crippen LogP contribution in [0.15, 0.2) is 54.8 Å². The van der Waals surface area contributed by atoms with Crippen LogP contribution in [0.5, 0.6) is 5.75 Å². The van der Waals surface area contributed by atoms with E-state index in [9.17, 15) is 0 Å². The van der Waals surface area contributed by atoms with Crippen LogP contribution < -0.4 is 9.64 Å². The van der Waals surface area contributed by atoms with Crippen molar-refractivity contribution in [3.05, 3.63) is 65.6 Å². The molecule has 1 saturated heterocycles. The Hall–Kier alpha value is -2.83. The number of anilines is 1. The molecule has 5 rings (SSSR count). The molecule has 2 aliphatic heterocycles. The first-order chi connectivity index (χ1) is 14.3. The van der Waals surface area contributed by atoms with Crippen molar-refractivity contribution in [3.8, 4) is 17.1 Å². The summed E-state index contributed by atoms with van der Waals surface area (Å²) in [5.41, 5.74) is 2.20. The van der Waals surface area contributed by atoms with Crippen molar-refractivity contribution in [2.24, 2.45) is 0 Å². The molecule has 29 heavy (non-hydrogen) atoms. The van der Waals surface area contributed by atoms with Crippen molar-refractivity contribution >= 4 is 23.5 Å². The van der Waals surface area contributed by atoms with Crippen LogP contribution in [0.4, 0.5) is 5.69 Å². The van der Waals surface area contributed by atoms with E-state index < -0.39 is 0 Å². The van der Waals surface area contributed by atoms with Gasteiger partial charge in [-0.2, -0.15) is 0 Å². The molecule has 6 nitrogen and oxygen atoms in total. The number of benzene rings is 2. The maximum absolute atomic E-state index is 6.00. The number of nitrogens with zero attached hydrogens (tertiary/aromatic N) is 5. The Balaban J connectivity index is 1.22. The Morgan fingerprint density at radius 1 is 0.931 bits per heavy atom. The molecule has 148 valence electrons. The zero-order chi connectivity index (χ0) is 19.6. The monoisotopic (exact) mass is 407 g/mol. The highest BCUT2D eigenvalue weighted by molar-refractivity contribution is 6.30. The molecule has 0 spiro atoms. The first-order valence-electron chi connectivity index (χ1n) is 9.87. The topological polar surface area (TPSA) is 46.4 Å². The number of ether oxygens (including phenoxy) is 1. The standard InChI is InChI=1S/C22H22ClN5O/c23-17-5-7-18(8-6-17)27-13-11-26(12-14-27)10-9-21-24-25-22-19-3-1-2-4-20(19)29-16-15-28(21)22/h1-8,15-16H,9-14H2. The van der Waals surface area contributed by atoms with Gasteiger partial charge in [0.1, 0.15) is 17.8 Å². The first kappa shape index (κ1) is 18.2.